The van der Waals surface area contributed by atoms with Crippen LogP contribution in [0.25, 0.3) is 0 Å². The van der Waals surface area contributed by atoms with E-state index in [1.807, 2.05) is 6.07 Å². The molecule has 0 aliphatic heterocycles. The van der Waals surface area contributed by atoms with E-state index in [9.17, 15) is 8.42 Å². The molecule has 1 aromatic heterocycles. The van der Waals surface area contributed by atoms with Gasteiger partial charge in [0.2, 0.25) is 0 Å². The average Bonchev–Trinajstić information content (AvgIpc) is 2.66. The van der Waals surface area contributed by atoms with E-state index in [1.54, 1.807) is 12.3 Å². The zero-order valence-corrected chi connectivity index (χ0v) is 10.00. The Morgan fingerprint density at radius 3 is 2.94 bits per heavy atom. The van der Waals surface area contributed by atoms with Crippen LogP contribution in [-0.4, -0.2) is 31.1 Å². The molecule has 0 unspecified atom stereocenters. The van der Waals surface area contributed by atoms with Gasteiger partial charge in [-0.15, -0.1) is 0 Å². The van der Waals surface area contributed by atoms with E-state index in [0.717, 1.165) is 5.76 Å². The van der Waals surface area contributed by atoms with Crippen molar-refractivity contribution in [1.29, 1.82) is 0 Å². The normalized spacial score (nSPS) is 12.9. The number of hydrogen-bond acceptors (Lipinski definition) is 5. The number of aliphatic imine (C=N–C) groups is 1. The molecule has 1 heterocycles. The molecule has 1 rings (SSSR count). The summed E-state index contributed by atoms with van der Waals surface area (Å²) < 4.78 is 34.3. The molecule has 0 fully saturated rings. The molecule has 6 nitrogen and oxygen atoms in total. The Morgan fingerprint density at radius 1 is 1.62 bits per heavy atom. The minimum atomic E-state index is -4.05. The zero-order valence-electron chi connectivity index (χ0n) is 8.37. The Hall–Kier alpha value is -0.990. The van der Waals surface area contributed by atoms with Crippen molar-refractivity contribution in [2.45, 2.75) is 6.42 Å². The third-order valence-electron chi connectivity index (χ3n) is 1.61. The van der Waals surface area contributed by atoms with Gasteiger partial charge in [-0.05, 0) is 12.1 Å². The maximum atomic E-state index is 10.4. The van der Waals surface area contributed by atoms with Crippen molar-refractivity contribution in [3.8, 4) is 0 Å². The first-order chi connectivity index (χ1) is 7.47. The lowest BCUT2D eigenvalue weighted by Gasteiger charge is -1.98. The van der Waals surface area contributed by atoms with E-state index >= 15 is 0 Å². The van der Waals surface area contributed by atoms with E-state index < -0.39 is 9.15 Å². The van der Waals surface area contributed by atoms with Crippen LogP contribution in [0.5, 0.6) is 0 Å². The van der Waals surface area contributed by atoms with Gasteiger partial charge in [0.1, 0.15) is 11.6 Å². The molecule has 0 saturated carbocycles. The van der Waals surface area contributed by atoms with Crippen molar-refractivity contribution in [1.82, 2.24) is 0 Å². The number of rotatable bonds is 6. The molecular formula is C8H12N2O4S2. The summed E-state index contributed by atoms with van der Waals surface area (Å²) in [4.78, 5) is 3.94. The molecule has 0 spiro atoms. The Balaban J connectivity index is 2.29. The smallest absolute Gasteiger partial charge is 0.320 e. The van der Waals surface area contributed by atoms with Crippen LogP contribution in [0, 0.1) is 0 Å². The SMILES string of the molecule is NC(CSS(=O)(=O)O)=NCCc1ccco1. The molecule has 90 valence electrons. The first-order valence-electron chi connectivity index (χ1n) is 4.40. The van der Waals surface area contributed by atoms with Crippen LogP contribution in [0.1, 0.15) is 5.76 Å². The Kier molecular flexibility index (Phi) is 4.84. The summed E-state index contributed by atoms with van der Waals surface area (Å²) in [6.45, 7) is 0.422. The summed E-state index contributed by atoms with van der Waals surface area (Å²) >= 11 is 0. The summed E-state index contributed by atoms with van der Waals surface area (Å²) in [5.74, 6) is 0.921. The van der Waals surface area contributed by atoms with E-state index in [1.165, 1.54) is 0 Å². The minimum Gasteiger partial charge on any atom is -0.469 e. The van der Waals surface area contributed by atoms with Gasteiger partial charge < -0.3 is 10.2 Å². The lowest BCUT2D eigenvalue weighted by molar-refractivity contribution is 0.503. The lowest BCUT2D eigenvalue weighted by Crippen LogP contribution is -2.16. The van der Waals surface area contributed by atoms with Gasteiger partial charge in [0.25, 0.3) is 0 Å². The first kappa shape index (κ1) is 13.1. The van der Waals surface area contributed by atoms with Crippen molar-refractivity contribution in [3.63, 3.8) is 0 Å². The maximum absolute atomic E-state index is 10.4. The van der Waals surface area contributed by atoms with Crippen LogP contribution in [0.2, 0.25) is 0 Å². The molecule has 0 aliphatic rings. The molecule has 1 aromatic rings. The lowest BCUT2D eigenvalue weighted by atomic mass is 10.3. The highest BCUT2D eigenvalue weighted by Crippen LogP contribution is 2.08. The highest BCUT2D eigenvalue weighted by atomic mass is 33.1. The number of nitrogens with zero attached hydrogens (tertiary/aromatic N) is 1. The molecule has 8 heteroatoms. The van der Waals surface area contributed by atoms with Crippen molar-refractivity contribution in [3.05, 3.63) is 24.2 Å². The van der Waals surface area contributed by atoms with Gasteiger partial charge in [0, 0.05) is 23.8 Å². The van der Waals surface area contributed by atoms with Crippen LogP contribution < -0.4 is 5.73 Å². The maximum Gasteiger partial charge on any atom is 0.320 e. The summed E-state index contributed by atoms with van der Waals surface area (Å²) in [7, 11) is -3.71. The molecule has 0 atom stereocenters. The van der Waals surface area contributed by atoms with Gasteiger partial charge in [-0.25, -0.2) is 0 Å². The van der Waals surface area contributed by atoms with Crippen LogP contribution in [0.15, 0.2) is 27.8 Å². The molecule has 0 bridgehead atoms. The standard InChI is InChI=1S/C8H12N2O4S2/c9-8(6-15-16(11,12)13)10-4-3-7-2-1-5-14-7/h1-2,5H,3-4,6H2,(H2,9,10)(H,11,12,13). The predicted octanol–water partition coefficient (Wildman–Crippen LogP) is 0.715. The largest absolute Gasteiger partial charge is 0.469 e. The highest BCUT2D eigenvalue weighted by molar-refractivity contribution is 8.70. The second kappa shape index (κ2) is 5.92. The highest BCUT2D eigenvalue weighted by Gasteiger charge is 2.06. The van der Waals surface area contributed by atoms with Crippen molar-refractivity contribution >= 4 is 25.8 Å². The van der Waals surface area contributed by atoms with Gasteiger partial charge in [0.15, 0.2) is 0 Å². The average molecular weight is 264 g/mol. The quantitative estimate of drug-likeness (QED) is 0.339. The Labute approximate surface area is 97.1 Å². The third-order valence-corrected chi connectivity index (χ3v) is 3.57. The third kappa shape index (κ3) is 5.79. The van der Waals surface area contributed by atoms with E-state index in [-0.39, 0.29) is 11.6 Å². The summed E-state index contributed by atoms with van der Waals surface area (Å²) in [6.07, 6.45) is 2.17. The molecule has 0 aliphatic carbocycles. The van der Waals surface area contributed by atoms with Crippen molar-refractivity contribution in [2.24, 2.45) is 10.7 Å². The molecule has 0 amide bonds. The number of hydrogen-bond donors (Lipinski definition) is 2. The topological polar surface area (TPSA) is 106 Å². The first-order valence-corrected chi connectivity index (χ1v) is 7.34. The number of amidine groups is 1. The fourth-order valence-electron chi connectivity index (χ4n) is 0.945. The second-order valence-corrected chi connectivity index (χ2v) is 6.24. The van der Waals surface area contributed by atoms with E-state index in [0.29, 0.717) is 23.8 Å². The fourth-order valence-corrected chi connectivity index (χ4v) is 2.12. The van der Waals surface area contributed by atoms with E-state index in [2.05, 4.69) is 4.99 Å². The van der Waals surface area contributed by atoms with Gasteiger partial charge in [-0.1, -0.05) is 0 Å². The van der Waals surface area contributed by atoms with Gasteiger partial charge in [0.05, 0.1) is 12.0 Å². The zero-order chi connectivity index (χ0) is 12.0. The monoisotopic (exact) mass is 264 g/mol. The number of furan rings is 1. The molecule has 0 saturated heterocycles. The minimum absolute atomic E-state index is 0.0447. The van der Waals surface area contributed by atoms with Gasteiger partial charge in [-0.2, -0.15) is 8.42 Å². The van der Waals surface area contributed by atoms with Crippen LogP contribution in [0.3, 0.4) is 0 Å². The molecular weight excluding hydrogens is 252 g/mol. The molecule has 0 aromatic carbocycles. The van der Waals surface area contributed by atoms with Gasteiger partial charge in [-0.3, -0.25) is 9.55 Å². The second-order valence-electron chi connectivity index (χ2n) is 2.89. The van der Waals surface area contributed by atoms with E-state index in [4.69, 9.17) is 14.7 Å². The summed E-state index contributed by atoms with van der Waals surface area (Å²) in [5, 5.41) is 0. The summed E-state index contributed by atoms with van der Waals surface area (Å²) in [6, 6.07) is 3.59. The van der Waals surface area contributed by atoms with Crippen LogP contribution >= 0.6 is 10.8 Å². The van der Waals surface area contributed by atoms with Gasteiger partial charge >= 0.3 is 9.15 Å². The fraction of sp³-hybridized carbons (Fsp3) is 0.375. The summed E-state index contributed by atoms with van der Waals surface area (Å²) in [5.41, 5.74) is 5.44. The Bertz CT molecular complexity index is 439. The molecule has 0 radical (unpaired) electrons. The Morgan fingerprint density at radius 2 is 2.38 bits per heavy atom. The van der Waals surface area contributed by atoms with Crippen LogP contribution in [-0.2, 0) is 15.6 Å². The van der Waals surface area contributed by atoms with Crippen LogP contribution in [0.4, 0.5) is 0 Å². The molecule has 16 heavy (non-hydrogen) atoms. The molecule has 3 N–H and O–H groups in total. The predicted molar refractivity (Wildman–Crippen MR) is 62.9 cm³/mol. The van der Waals surface area contributed by atoms with Crippen molar-refractivity contribution in [2.75, 3.05) is 12.3 Å². The van der Waals surface area contributed by atoms with Crippen molar-refractivity contribution < 1.29 is 17.4 Å². The number of nitrogens with two attached hydrogens (primary N) is 1.